The number of carbonyl (C=O) groups excluding carboxylic acids is 1. The van der Waals surface area contributed by atoms with Crippen LogP contribution in [0.2, 0.25) is 0 Å². The Balaban J connectivity index is 2.31. The molecule has 5 heteroatoms. The van der Waals surface area contributed by atoms with Gasteiger partial charge in [-0.1, -0.05) is 24.3 Å². The highest BCUT2D eigenvalue weighted by molar-refractivity contribution is 5.80. The van der Waals surface area contributed by atoms with Crippen molar-refractivity contribution < 1.29 is 23.1 Å². The summed E-state index contributed by atoms with van der Waals surface area (Å²) in [6, 6.07) is 9.08. The van der Waals surface area contributed by atoms with Crippen molar-refractivity contribution in [2.45, 2.75) is 6.18 Å². The number of rotatable bonds is 3. The molecule has 0 bridgehead atoms. The molecule has 0 fully saturated rings. The fraction of sp³-hybridized carbons (Fsp3) is 0.0625. The zero-order chi connectivity index (χ0) is 15.5. The third kappa shape index (κ3) is 3.72. The van der Waals surface area contributed by atoms with Crippen molar-refractivity contribution in [1.29, 1.82) is 0 Å². The lowest BCUT2D eigenvalue weighted by molar-refractivity contribution is -0.137. The fourth-order valence-corrected chi connectivity index (χ4v) is 1.78. The van der Waals surface area contributed by atoms with Crippen LogP contribution in [0.25, 0.3) is 12.2 Å². The number of halogens is 3. The van der Waals surface area contributed by atoms with Crippen molar-refractivity contribution in [3.05, 3.63) is 64.7 Å². The van der Waals surface area contributed by atoms with Gasteiger partial charge in [-0.2, -0.15) is 13.2 Å². The highest BCUT2D eigenvalue weighted by atomic mass is 19.4. The molecule has 0 aromatic heterocycles. The van der Waals surface area contributed by atoms with Gasteiger partial charge in [0.25, 0.3) is 0 Å². The molecule has 0 saturated carbocycles. The summed E-state index contributed by atoms with van der Waals surface area (Å²) < 4.78 is 37.8. The van der Waals surface area contributed by atoms with E-state index in [1.165, 1.54) is 42.5 Å². The SMILES string of the molecule is O=Cc1ccc(O)c(/C=C/c2cccc(C(F)(F)F)c2)c1. The average molecular weight is 292 g/mol. The minimum atomic E-state index is -4.40. The first-order valence-corrected chi connectivity index (χ1v) is 6.04. The molecule has 0 spiro atoms. The Morgan fingerprint density at radius 2 is 1.71 bits per heavy atom. The standard InChI is InChI=1S/C16H11F3O2/c17-16(18,19)14-3-1-2-11(9-14)4-6-13-8-12(10-20)5-7-15(13)21/h1-10,21H/b6-4+. The summed E-state index contributed by atoms with van der Waals surface area (Å²) in [5.74, 6) is -0.0520. The van der Waals surface area contributed by atoms with Gasteiger partial charge >= 0.3 is 6.18 Å². The van der Waals surface area contributed by atoms with Crippen molar-refractivity contribution in [2.75, 3.05) is 0 Å². The summed E-state index contributed by atoms with van der Waals surface area (Å²) in [4.78, 5) is 10.7. The van der Waals surface area contributed by atoms with Gasteiger partial charge in [0.05, 0.1) is 5.56 Å². The maximum Gasteiger partial charge on any atom is 0.416 e. The van der Waals surface area contributed by atoms with E-state index in [4.69, 9.17) is 0 Å². The molecule has 0 radical (unpaired) electrons. The van der Waals surface area contributed by atoms with Gasteiger partial charge in [0.15, 0.2) is 0 Å². The number of hydrogen-bond donors (Lipinski definition) is 1. The predicted octanol–water partition coefficient (Wildman–Crippen LogP) is 4.39. The number of alkyl halides is 3. The third-order valence-corrected chi connectivity index (χ3v) is 2.86. The molecule has 0 saturated heterocycles. The monoisotopic (exact) mass is 292 g/mol. The van der Waals surface area contributed by atoms with Crippen LogP contribution in [0.4, 0.5) is 13.2 Å². The molecular weight excluding hydrogens is 281 g/mol. The van der Waals surface area contributed by atoms with Crippen LogP contribution in [0.15, 0.2) is 42.5 Å². The van der Waals surface area contributed by atoms with Crippen molar-refractivity contribution in [3.8, 4) is 5.75 Å². The van der Waals surface area contributed by atoms with Gasteiger partial charge in [0.2, 0.25) is 0 Å². The number of phenols is 1. The minimum absolute atomic E-state index is 0.0520. The van der Waals surface area contributed by atoms with E-state index < -0.39 is 11.7 Å². The van der Waals surface area contributed by atoms with Crippen molar-refractivity contribution in [3.63, 3.8) is 0 Å². The maximum absolute atomic E-state index is 12.6. The quantitative estimate of drug-likeness (QED) is 0.672. The highest BCUT2D eigenvalue weighted by Crippen LogP contribution is 2.30. The van der Waals surface area contributed by atoms with Gasteiger partial charge in [-0.05, 0) is 35.9 Å². The topological polar surface area (TPSA) is 37.3 Å². The van der Waals surface area contributed by atoms with Crippen LogP contribution in [0.3, 0.4) is 0 Å². The van der Waals surface area contributed by atoms with Crippen molar-refractivity contribution >= 4 is 18.4 Å². The lowest BCUT2D eigenvalue weighted by Crippen LogP contribution is -2.04. The molecule has 0 heterocycles. The molecular formula is C16H11F3O2. The summed E-state index contributed by atoms with van der Waals surface area (Å²) in [7, 11) is 0. The van der Waals surface area contributed by atoms with Gasteiger partial charge < -0.3 is 5.11 Å². The van der Waals surface area contributed by atoms with Gasteiger partial charge in [-0.25, -0.2) is 0 Å². The Labute approximate surface area is 119 Å². The van der Waals surface area contributed by atoms with E-state index in [2.05, 4.69) is 0 Å². The lowest BCUT2D eigenvalue weighted by atomic mass is 10.1. The Kier molecular flexibility index (Phi) is 4.12. The smallest absolute Gasteiger partial charge is 0.416 e. The summed E-state index contributed by atoms with van der Waals surface area (Å²) >= 11 is 0. The first-order chi connectivity index (χ1) is 9.90. The van der Waals surface area contributed by atoms with Crippen molar-refractivity contribution in [1.82, 2.24) is 0 Å². The molecule has 0 amide bonds. The maximum atomic E-state index is 12.6. The number of benzene rings is 2. The molecule has 108 valence electrons. The highest BCUT2D eigenvalue weighted by Gasteiger charge is 2.30. The van der Waals surface area contributed by atoms with E-state index in [0.29, 0.717) is 23.0 Å². The Bertz CT molecular complexity index is 688. The van der Waals surface area contributed by atoms with Crippen LogP contribution in [0.1, 0.15) is 27.0 Å². The molecule has 0 unspecified atom stereocenters. The number of aldehydes is 1. The second kappa shape index (κ2) is 5.83. The van der Waals surface area contributed by atoms with Crippen LogP contribution >= 0.6 is 0 Å². The molecule has 2 aromatic rings. The first-order valence-electron chi connectivity index (χ1n) is 6.04. The average Bonchev–Trinajstić information content (AvgIpc) is 2.46. The summed E-state index contributed by atoms with van der Waals surface area (Å²) in [5, 5.41) is 9.65. The van der Waals surface area contributed by atoms with E-state index in [0.717, 1.165) is 12.1 Å². The van der Waals surface area contributed by atoms with E-state index >= 15 is 0 Å². The number of aromatic hydroxyl groups is 1. The van der Waals surface area contributed by atoms with E-state index in [9.17, 15) is 23.1 Å². The fourth-order valence-electron chi connectivity index (χ4n) is 1.78. The predicted molar refractivity (Wildman–Crippen MR) is 73.9 cm³/mol. The summed E-state index contributed by atoms with van der Waals surface area (Å²) in [5.41, 5.74) is 0.338. The molecule has 2 nitrogen and oxygen atoms in total. The summed E-state index contributed by atoms with van der Waals surface area (Å²) in [6.45, 7) is 0. The molecule has 0 atom stereocenters. The number of carbonyl (C=O) groups is 1. The van der Waals surface area contributed by atoms with Gasteiger partial charge in [-0.3, -0.25) is 4.79 Å². The molecule has 0 aliphatic heterocycles. The van der Waals surface area contributed by atoms with E-state index in [1.807, 2.05) is 0 Å². The van der Waals surface area contributed by atoms with Crippen LogP contribution < -0.4 is 0 Å². The first kappa shape index (κ1) is 14.8. The molecule has 1 N–H and O–H groups in total. The van der Waals surface area contributed by atoms with Gasteiger partial charge in [0, 0.05) is 11.1 Å². The Hall–Kier alpha value is -2.56. The molecule has 0 aliphatic rings. The summed E-state index contributed by atoms with van der Waals surface area (Å²) in [6.07, 6.45) is -0.874. The van der Waals surface area contributed by atoms with Crippen molar-refractivity contribution in [2.24, 2.45) is 0 Å². The van der Waals surface area contributed by atoms with Gasteiger partial charge in [-0.15, -0.1) is 0 Å². The number of phenolic OH excluding ortho intramolecular Hbond substituents is 1. The largest absolute Gasteiger partial charge is 0.507 e. The van der Waals surface area contributed by atoms with E-state index in [-0.39, 0.29) is 5.75 Å². The minimum Gasteiger partial charge on any atom is -0.507 e. The van der Waals surface area contributed by atoms with Crippen LogP contribution in [0, 0.1) is 0 Å². The second-order valence-corrected chi connectivity index (χ2v) is 4.39. The van der Waals surface area contributed by atoms with E-state index in [1.54, 1.807) is 0 Å². The van der Waals surface area contributed by atoms with Gasteiger partial charge in [0.1, 0.15) is 12.0 Å². The lowest BCUT2D eigenvalue weighted by Gasteiger charge is -2.06. The van der Waals surface area contributed by atoms with Crippen LogP contribution in [-0.2, 0) is 6.18 Å². The zero-order valence-electron chi connectivity index (χ0n) is 10.8. The Morgan fingerprint density at radius 3 is 2.38 bits per heavy atom. The zero-order valence-corrected chi connectivity index (χ0v) is 10.8. The third-order valence-electron chi connectivity index (χ3n) is 2.86. The van der Waals surface area contributed by atoms with Crippen LogP contribution in [0.5, 0.6) is 5.75 Å². The molecule has 2 rings (SSSR count). The van der Waals surface area contributed by atoms with Crippen LogP contribution in [-0.4, -0.2) is 11.4 Å². The second-order valence-electron chi connectivity index (χ2n) is 4.39. The molecule has 2 aromatic carbocycles. The molecule has 21 heavy (non-hydrogen) atoms. The molecule has 0 aliphatic carbocycles. The Morgan fingerprint density at radius 1 is 0.952 bits per heavy atom. The number of hydrogen-bond acceptors (Lipinski definition) is 2. The normalized spacial score (nSPS) is 11.8.